The molecule has 0 fully saturated rings. The van der Waals surface area contributed by atoms with Crippen molar-refractivity contribution in [2.45, 2.75) is 13.5 Å². The summed E-state index contributed by atoms with van der Waals surface area (Å²) in [5.41, 5.74) is 3.07. The van der Waals surface area contributed by atoms with E-state index in [2.05, 4.69) is 15.5 Å². The Hall–Kier alpha value is -2.07. The van der Waals surface area contributed by atoms with Crippen molar-refractivity contribution in [1.29, 1.82) is 0 Å². The Morgan fingerprint density at radius 1 is 1.25 bits per heavy atom. The molecule has 1 aromatic heterocycles. The standard InChI is InChI=1S/C15H13ClFN3/c1-9-12-6-15(13(17)7-14(12)20-19-9)18-8-10-2-4-11(16)5-3-10/h2-7,18H,8H2,1H3,(H,19,20). The number of hydrogen-bond acceptors (Lipinski definition) is 2. The molecule has 0 spiro atoms. The minimum absolute atomic E-state index is 0.296. The molecular formula is C15H13ClFN3. The lowest BCUT2D eigenvalue weighted by molar-refractivity contribution is 0.631. The monoisotopic (exact) mass is 289 g/mol. The fraction of sp³-hybridized carbons (Fsp3) is 0.133. The number of aromatic nitrogens is 2. The van der Waals surface area contributed by atoms with Gasteiger partial charge in [-0.05, 0) is 30.7 Å². The van der Waals surface area contributed by atoms with E-state index in [9.17, 15) is 4.39 Å². The maximum absolute atomic E-state index is 14.0. The van der Waals surface area contributed by atoms with Crippen LogP contribution in [0.25, 0.3) is 10.9 Å². The number of halogens is 2. The minimum Gasteiger partial charge on any atom is -0.379 e. The van der Waals surface area contributed by atoms with Crippen LogP contribution in [0.15, 0.2) is 36.4 Å². The fourth-order valence-corrected chi connectivity index (χ4v) is 2.23. The second-order valence-corrected chi connectivity index (χ2v) is 5.10. The van der Waals surface area contributed by atoms with Gasteiger partial charge in [-0.1, -0.05) is 23.7 Å². The van der Waals surface area contributed by atoms with Crippen LogP contribution in [0.4, 0.5) is 10.1 Å². The molecule has 102 valence electrons. The zero-order valence-corrected chi connectivity index (χ0v) is 11.6. The van der Waals surface area contributed by atoms with Gasteiger partial charge in [0.25, 0.3) is 0 Å². The van der Waals surface area contributed by atoms with Gasteiger partial charge in [0, 0.05) is 23.0 Å². The summed E-state index contributed by atoms with van der Waals surface area (Å²) in [6.45, 7) is 2.43. The molecule has 0 aliphatic heterocycles. The van der Waals surface area contributed by atoms with Gasteiger partial charge in [0.1, 0.15) is 5.82 Å². The maximum Gasteiger partial charge on any atom is 0.148 e. The van der Waals surface area contributed by atoms with Crippen molar-refractivity contribution in [3.8, 4) is 0 Å². The lowest BCUT2D eigenvalue weighted by atomic mass is 10.1. The van der Waals surface area contributed by atoms with Gasteiger partial charge in [-0.2, -0.15) is 5.10 Å². The maximum atomic E-state index is 14.0. The molecule has 0 unspecified atom stereocenters. The van der Waals surface area contributed by atoms with Crippen molar-refractivity contribution in [1.82, 2.24) is 10.2 Å². The summed E-state index contributed by atoms with van der Waals surface area (Å²) in [6.07, 6.45) is 0. The summed E-state index contributed by atoms with van der Waals surface area (Å²) in [4.78, 5) is 0. The average molecular weight is 290 g/mol. The summed E-state index contributed by atoms with van der Waals surface area (Å²) in [5, 5.41) is 11.6. The smallest absolute Gasteiger partial charge is 0.148 e. The Labute approximate surface area is 120 Å². The molecule has 2 N–H and O–H groups in total. The van der Waals surface area contributed by atoms with E-state index < -0.39 is 0 Å². The number of nitrogens with zero attached hydrogens (tertiary/aromatic N) is 1. The third-order valence-corrected chi connectivity index (χ3v) is 3.49. The van der Waals surface area contributed by atoms with Crippen molar-refractivity contribution in [3.63, 3.8) is 0 Å². The number of benzene rings is 2. The van der Waals surface area contributed by atoms with E-state index in [1.54, 1.807) is 6.07 Å². The lowest BCUT2D eigenvalue weighted by Gasteiger charge is -2.08. The van der Waals surface area contributed by atoms with Crippen molar-refractivity contribution in [2.24, 2.45) is 0 Å². The van der Waals surface area contributed by atoms with Gasteiger partial charge in [0.05, 0.1) is 16.9 Å². The molecule has 2 aromatic carbocycles. The van der Waals surface area contributed by atoms with Crippen LogP contribution in [-0.2, 0) is 6.54 Å². The molecule has 0 saturated heterocycles. The zero-order valence-electron chi connectivity index (χ0n) is 10.9. The average Bonchev–Trinajstić information content (AvgIpc) is 2.79. The number of hydrogen-bond donors (Lipinski definition) is 2. The number of aromatic amines is 1. The minimum atomic E-state index is -0.296. The van der Waals surface area contributed by atoms with Crippen LogP contribution in [0.5, 0.6) is 0 Å². The van der Waals surface area contributed by atoms with Crippen LogP contribution in [0.2, 0.25) is 5.02 Å². The van der Waals surface area contributed by atoms with E-state index in [1.807, 2.05) is 31.2 Å². The molecule has 1 heterocycles. The molecule has 0 aliphatic carbocycles. The van der Waals surface area contributed by atoms with Gasteiger partial charge >= 0.3 is 0 Å². The fourth-order valence-electron chi connectivity index (χ4n) is 2.10. The van der Waals surface area contributed by atoms with E-state index >= 15 is 0 Å². The highest BCUT2D eigenvalue weighted by atomic mass is 35.5. The second kappa shape index (κ2) is 5.13. The molecule has 5 heteroatoms. The lowest BCUT2D eigenvalue weighted by Crippen LogP contribution is -2.01. The summed E-state index contributed by atoms with van der Waals surface area (Å²) in [6, 6.07) is 10.7. The molecule has 0 atom stereocenters. The highest BCUT2D eigenvalue weighted by Gasteiger charge is 2.08. The zero-order chi connectivity index (χ0) is 14.1. The first-order chi connectivity index (χ1) is 9.63. The number of rotatable bonds is 3. The van der Waals surface area contributed by atoms with Gasteiger partial charge in [0.2, 0.25) is 0 Å². The predicted octanol–water partition coefficient (Wildman–Crippen LogP) is 4.28. The first kappa shape index (κ1) is 12.9. The van der Waals surface area contributed by atoms with Gasteiger partial charge in [-0.25, -0.2) is 4.39 Å². The molecule has 3 aromatic rings. The topological polar surface area (TPSA) is 40.7 Å². The quantitative estimate of drug-likeness (QED) is 0.756. The number of anilines is 1. The molecule has 3 rings (SSSR count). The van der Waals surface area contributed by atoms with Crippen LogP contribution in [0, 0.1) is 12.7 Å². The molecule has 0 aliphatic rings. The highest BCUT2D eigenvalue weighted by molar-refractivity contribution is 6.30. The van der Waals surface area contributed by atoms with Crippen molar-refractivity contribution in [2.75, 3.05) is 5.32 Å². The Morgan fingerprint density at radius 2 is 2.00 bits per heavy atom. The van der Waals surface area contributed by atoms with Crippen LogP contribution < -0.4 is 5.32 Å². The van der Waals surface area contributed by atoms with Gasteiger partial charge in [0.15, 0.2) is 0 Å². The Bertz CT molecular complexity index is 750. The van der Waals surface area contributed by atoms with Crippen molar-refractivity contribution < 1.29 is 4.39 Å². The SMILES string of the molecule is Cc1n[nH]c2cc(F)c(NCc3ccc(Cl)cc3)cc12. The molecular weight excluding hydrogens is 277 g/mol. The normalized spacial score (nSPS) is 10.9. The van der Waals surface area contributed by atoms with Crippen LogP contribution in [-0.4, -0.2) is 10.2 Å². The molecule has 0 bridgehead atoms. The summed E-state index contributed by atoms with van der Waals surface area (Å²) >= 11 is 5.83. The Morgan fingerprint density at radius 3 is 2.75 bits per heavy atom. The summed E-state index contributed by atoms with van der Waals surface area (Å²) < 4.78 is 14.0. The number of aryl methyl sites for hydroxylation is 1. The van der Waals surface area contributed by atoms with Crippen molar-refractivity contribution in [3.05, 3.63) is 58.5 Å². The first-order valence-corrected chi connectivity index (χ1v) is 6.64. The van der Waals surface area contributed by atoms with E-state index in [0.29, 0.717) is 22.8 Å². The molecule has 0 amide bonds. The largest absolute Gasteiger partial charge is 0.379 e. The van der Waals surface area contributed by atoms with Crippen LogP contribution >= 0.6 is 11.6 Å². The van der Waals surface area contributed by atoms with E-state index in [1.165, 1.54) is 6.07 Å². The Kier molecular flexibility index (Phi) is 3.32. The Balaban J connectivity index is 1.84. The van der Waals surface area contributed by atoms with Gasteiger partial charge in [-0.3, -0.25) is 5.10 Å². The summed E-state index contributed by atoms with van der Waals surface area (Å²) in [7, 11) is 0. The van der Waals surface area contributed by atoms with E-state index in [4.69, 9.17) is 11.6 Å². The van der Waals surface area contributed by atoms with E-state index in [-0.39, 0.29) is 5.82 Å². The van der Waals surface area contributed by atoms with Crippen molar-refractivity contribution >= 4 is 28.2 Å². The molecule has 3 nitrogen and oxygen atoms in total. The van der Waals surface area contributed by atoms with E-state index in [0.717, 1.165) is 16.6 Å². The van der Waals surface area contributed by atoms with Crippen LogP contribution in [0.3, 0.4) is 0 Å². The highest BCUT2D eigenvalue weighted by Crippen LogP contribution is 2.24. The van der Waals surface area contributed by atoms with Crippen LogP contribution in [0.1, 0.15) is 11.3 Å². The third kappa shape index (κ3) is 2.47. The number of nitrogens with one attached hydrogen (secondary N) is 2. The second-order valence-electron chi connectivity index (χ2n) is 4.67. The summed E-state index contributed by atoms with van der Waals surface area (Å²) in [5.74, 6) is -0.296. The predicted molar refractivity (Wildman–Crippen MR) is 79.6 cm³/mol. The third-order valence-electron chi connectivity index (χ3n) is 3.24. The number of fused-ring (bicyclic) bond motifs is 1. The first-order valence-electron chi connectivity index (χ1n) is 6.26. The molecule has 0 saturated carbocycles. The molecule has 20 heavy (non-hydrogen) atoms. The molecule has 0 radical (unpaired) electrons. The number of H-pyrrole nitrogens is 1. The van der Waals surface area contributed by atoms with Gasteiger partial charge < -0.3 is 5.32 Å². The van der Waals surface area contributed by atoms with Gasteiger partial charge in [-0.15, -0.1) is 0 Å².